The second-order valence-electron chi connectivity index (χ2n) is 9.76. The average Bonchev–Trinajstić information content (AvgIpc) is 3.34. The summed E-state index contributed by atoms with van der Waals surface area (Å²) in [6, 6.07) is 24.5. The molecule has 0 saturated heterocycles. The van der Waals surface area contributed by atoms with E-state index in [0.29, 0.717) is 18.9 Å². The third kappa shape index (κ3) is 5.20. The number of H-pyrrole nitrogens is 1. The first-order valence-electron chi connectivity index (χ1n) is 12.7. The molecule has 1 aliphatic rings. The summed E-state index contributed by atoms with van der Waals surface area (Å²) in [6.07, 6.45) is 5.51. The van der Waals surface area contributed by atoms with E-state index in [4.69, 9.17) is 21.2 Å². The Labute approximate surface area is 223 Å². The van der Waals surface area contributed by atoms with Crippen LogP contribution in [0.1, 0.15) is 36.5 Å². The van der Waals surface area contributed by atoms with Crippen LogP contribution in [0.4, 0.5) is 5.69 Å². The van der Waals surface area contributed by atoms with Crippen LogP contribution in [0.15, 0.2) is 108 Å². The Balaban J connectivity index is 1.54. The zero-order valence-corrected chi connectivity index (χ0v) is 22.0. The van der Waals surface area contributed by atoms with Crippen molar-refractivity contribution in [2.24, 2.45) is 11.5 Å². The highest BCUT2D eigenvalue weighted by atomic mass is 16.5. The first-order valence-corrected chi connectivity index (χ1v) is 12.7. The highest BCUT2D eigenvalue weighted by Crippen LogP contribution is 2.37. The first-order chi connectivity index (χ1) is 18.4. The van der Waals surface area contributed by atoms with E-state index < -0.39 is 0 Å². The molecule has 0 aliphatic carbocycles. The minimum Gasteiger partial charge on any atom is -0.489 e. The summed E-state index contributed by atoms with van der Waals surface area (Å²) in [7, 11) is 2.03. The lowest BCUT2D eigenvalue weighted by molar-refractivity contribution is 0.211. The van der Waals surface area contributed by atoms with Gasteiger partial charge in [0.15, 0.2) is 0 Å². The van der Waals surface area contributed by atoms with Gasteiger partial charge in [0.05, 0.1) is 29.3 Å². The molecule has 0 atom stereocenters. The Hall–Kier alpha value is -4.71. The molecule has 3 heterocycles. The molecule has 4 aromatic rings. The fourth-order valence-electron chi connectivity index (χ4n) is 4.70. The normalized spacial score (nSPS) is 14.0. The first kappa shape index (κ1) is 25.0. The number of ether oxygens (including phenoxy) is 1. The minimum atomic E-state index is 0.459. The van der Waals surface area contributed by atoms with Gasteiger partial charge < -0.3 is 26.1 Å². The zero-order valence-electron chi connectivity index (χ0n) is 22.0. The third-order valence-electron chi connectivity index (χ3n) is 6.50. The highest BCUT2D eigenvalue weighted by Gasteiger charge is 2.25. The number of aromatic nitrogens is 2. The van der Waals surface area contributed by atoms with Crippen LogP contribution in [0.3, 0.4) is 0 Å². The summed E-state index contributed by atoms with van der Waals surface area (Å²) in [5.74, 6) is 0.716. The number of anilines is 1. The summed E-state index contributed by atoms with van der Waals surface area (Å²) < 4.78 is 6.18. The molecule has 192 valence electrons. The quantitative estimate of drug-likeness (QED) is 0.209. The molecular weight excluding hydrogens is 470 g/mol. The third-order valence-corrected chi connectivity index (χ3v) is 6.50. The van der Waals surface area contributed by atoms with E-state index in [1.165, 1.54) is 0 Å². The number of nitrogens with zero attached hydrogens (tertiary/aromatic N) is 2. The molecule has 6 heteroatoms. The van der Waals surface area contributed by atoms with Gasteiger partial charge in [-0.2, -0.15) is 0 Å². The van der Waals surface area contributed by atoms with E-state index in [1.54, 1.807) is 6.20 Å². The number of aromatic amines is 1. The molecule has 0 spiro atoms. The van der Waals surface area contributed by atoms with Gasteiger partial charge in [0, 0.05) is 41.0 Å². The van der Waals surface area contributed by atoms with E-state index in [1.807, 2.05) is 81.6 Å². The number of hydrogen-bond donors (Lipinski definition) is 3. The topological polar surface area (TPSA) is 93.2 Å². The standard InChI is InChI=1S/C32H33N5O/c1-21(2)15-25(38-20-22-9-5-4-6-10-22)16-24(18-33)28-13-14-30-32(36-28)31(26(34)19-37(30)3)29-17-23-11-7-8-12-27(23)35-29/h4-18,35H,19-20,33-34H2,1-3H3/b24-18+,25-16+. The molecule has 1 aliphatic heterocycles. The predicted octanol–water partition coefficient (Wildman–Crippen LogP) is 6.10. The van der Waals surface area contributed by atoms with Crippen molar-refractivity contribution in [1.82, 2.24) is 9.97 Å². The summed E-state index contributed by atoms with van der Waals surface area (Å²) in [4.78, 5) is 10.7. The van der Waals surface area contributed by atoms with Gasteiger partial charge in [0.2, 0.25) is 0 Å². The van der Waals surface area contributed by atoms with Gasteiger partial charge >= 0.3 is 0 Å². The van der Waals surface area contributed by atoms with Gasteiger partial charge in [-0.05, 0) is 55.8 Å². The second-order valence-corrected chi connectivity index (χ2v) is 9.76. The Kier molecular flexibility index (Phi) is 7.05. The number of rotatable bonds is 7. The van der Waals surface area contributed by atoms with Crippen LogP contribution in [0.5, 0.6) is 0 Å². The Morgan fingerprint density at radius 2 is 1.79 bits per heavy atom. The van der Waals surface area contributed by atoms with Crippen molar-refractivity contribution in [3.8, 4) is 0 Å². The molecule has 2 aromatic carbocycles. The van der Waals surface area contributed by atoms with Crippen molar-refractivity contribution >= 4 is 27.7 Å². The lowest BCUT2D eigenvalue weighted by Crippen LogP contribution is -2.30. The largest absolute Gasteiger partial charge is 0.489 e. The summed E-state index contributed by atoms with van der Waals surface area (Å²) in [5, 5.41) is 1.13. The van der Waals surface area contributed by atoms with Crippen molar-refractivity contribution in [1.29, 1.82) is 0 Å². The number of nitrogens with one attached hydrogen (secondary N) is 1. The number of pyridine rings is 1. The molecule has 0 radical (unpaired) electrons. The second kappa shape index (κ2) is 10.7. The minimum absolute atomic E-state index is 0.459. The molecular formula is C32H33N5O. The van der Waals surface area contributed by atoms with Crippen LogP contribution >= 0.6 is 0 Å². The molecule has 5 rings (SSSR count). The van der Waals surface area contributed by atoms with Crippen LogP contribution in [0.25, 0.3) is 22.0 Å². The lowest BCUT2D eigenvalue weighted by Gasteiger charge is -2.29. The van der Waals surface area contributed by atoms with Gasteiger partial charge in [0.25, 0.3) is 0 Å². The molecule has 0 saturated carbocycles. The monoisotopic (exact) mass is 503 g/mol. The molecule has 0 bridgehead atoms. The molecule has 38 heavy (non-hydrogen) atoms. The molecule has 6 nitrogen and oxygen atoms in total. The van der Waals surface area contributed by atoms with Crippen LogP contribution < -0.4 is 16.4 Å². The maximum Gasteiger partial charge on any atom is 0.120 e. The number of nitrogens with two attached hydrogens (primary N) is 2. The smallest absolute Gasteiger partial charge is 0.120 e. The molecule has 0 unspecified atom stereocenters. The number of allylic oxidation sites excluding steroid dienone is 4. The highest BCUT2D eigenvalue weighted by molar-refractivity contribution is 5.93. The van der Waals surface area contributed by atoms with Crippen molar-refractivity contribution in [2.45, 2.75) is 20.5 Å². The Bertz CT molecular complexity index is 1550. The number of likely N-dealkylation sites (N-methyl/N-ethyl adjacent to an activating group) is 1. The summed E-state index contributed by atoms with van der Waals surface area (Å²) in [6.45, 7) is 5.16. The van der Waals surface area contributed by atoms with E-state index in [2.05, 4.69) is 34.1 Å². The molecule has 0 fully saturated rings. The van der Waals surface area contributed by atoms with Crippen LogP contribution in [0, 0.1) is 0 Å². The van der Waals surface area contributed by atoms with Crippen LogP contribution in [0.2, 0.25) is 0 Å². The van der Waals surface area contributed by atoms with Crippen molar-refractivity contribution in [2.75, 3.05) is 18.5 Å². The van der Waals surface area contributed by atoms with E-state index in [0.717, 1.165) is 61.7 Å². The van der Waals surface area contributed by atoms with Crippen LogP contribution in [-0.4, -0.2) is 23.6 Å². The maximum atomic E-state index is 6.63. The van der Waals surface area contributed by atoms with Crippen LogP contribution in [-0.2, 0) is 11.3 Å². The number of benzene rings is 2. The number of para-hydroxylation sites is 1. The maximum absolute atomic E-state index is 6.63. The number of fused-ring (bicyclic) bond motifs is 2. The van der Waals surface area contributed by atoms with Crippen molar-refractivity contribution in [3.05, 3.63) is 131 Å². The van der Waals surface area contributed by atoms with Gasteiger partial charge in [-0.1, -0.05) is 54.1 Å². The molecule has 2 aromatic heterocycles. The average molecular weight is 504 g/mol. The van der Waals surface area contributed by atoms with Crippen molar-refractivity contribution < 1.29 is 4.74 Å². The predicted molar refractivity (Wildman–Crippen MR) is 157 cm³/mol. The Morgan fingerprint density at radius 1 is 1.03 bits per heavy atom. The SMILES string of the molecule is CC(C)=C/C(=C\C(=C/N)c1ccc2c(n1)C(c1cc3ccccc3[nH]1)=C(N)CN2C)OCc1ccccc1. The summed E-state index contributed by atoms with van der Waals surface area (Å²) >= 11 is 0. The van der Waals surface area contributed by atoms with Gasteiger partial charge in [-0.15, -0.1) is 0 Å². The van der Waals surface area contributed by atoms with E-state index >= 15 is 0 Å². The van der Waals surface area contributed by atoms with E-state index in [-0.39, 0.29) is 0 Å². The summed E-state index contributed by atoms with van der Waals surface area (Å²) in [5.41, 5.74) is 22.0. The van der Waals surface area contributed by atoms with Gasteiger partial charge in [0.1, 0.15) is 12.4 Å². The fourth-order valence-corrected chi connectivity index (χ4v) is 4.70. The molecule has 5 N–H and O–H groups in total. The zero-order chi connectivity index (χ0) is 26.6. The fraction of sp³-hybridized carbons (Fsp3) is 0.156. The number of hydrogen-bond acceptors (Lipinski definition) is 5. The lowest BCUT2D eigenvalue weighted by atomic mass is 9.98. The van der Waals surface area contributed by atoms with Gasteiger partial charge in [-0.3, -0.25) is 0 Å². The van der Waals surface area contributed by atoms with E-state index in [9.17, 15) is 0 Å². The molecule has 0 amide bonds. The van der Waals surface area contributed by atoms with Gasteiger partial charge in [-0.25, -0.2) is 4.98 Å². The Morgan fingerprint density at radius 3 is 2.53 bits per heavy atom. The van der Waals surface area contributed by atoms with Crippen molar-refractivity contribution in [3.63, 3.8) is 0 Å².